The molecule has 80 valence electrons. The first-order valence-electron chi connectivity index (χ1n) is 4.84. The minimum absolute atomic E-state index is 0.136. The van der Waals surface area contributed by atoms with E-state index >= 15 is 0 Å². The number of aryl methyl sites for hydroxylation is 1. The van der Waals surface area contributed by atoms with Crippen molar-refractivity contribution in [2.75, 3.05) is 0 Å². The van der Waals surface area contributed by atoms with Crippen LogP contribution in [0.25, 0.3) is 0 Å². The van der Waals surface area contributed by atoms with Gasteiger partial charge in [0.2, 0.25) is 0 Å². The zero-order chi connectivity index (χ0) is 11.9. The third-order valence-corrected chi connectivity index (χ3v) is 4.42. The number of hydrogen-bond donors (Lipinski definition) is 0. The Balaban J connectivity index is 2.48. The van der Waals surface area contributed by atoms with Gasteiger partial charge in [-0.2, -0.15) is 0 Å². The van der Waals surface area contributed by atoms with Crippen molar-refractivity contribution in [1.82, 2.24) is 2.71 Å². The van der Waals surface area contributed by atoms with Gasteiger partial charge in [-0.3, -0.25) is 0 Å². The van der Waals surface area contributed by atoms with Gasteiger partial charge in [0.25, 0.3) is 0 Å². The number of carbonyl (C=O) groups excluding carboxylic acids is 2. The Kier molecular flexibility index (Phi) is 2.77. The average molecular weight is 409 g/mol. The molecule has 1 saturated heterocycles. The first kappa shape index (κ1) is 11.6. The number of cyclic esters (lactones) is 1. The number of ether oxygens (including phenoxy) is 1. The fourth-order valence-electron chi connectivity index (χ4n) is 1.70. The summed E-state index contributed by atoms with van der Waals surface area (Å²) in [5.41, 5.74) is 0.628. The van der Waals surface area contributed by atoms with Gasteiger partial charge >= 0.3 is 110 Å². The minimum atomic E-state index is -1.14. The Hall–Kier alpha value is -0.918. The fraction of sp³-hybridized carbons (Fsp3) is 0.273. The van der Waals surface area contributed by atoms with Gasteiger partial charge in [0, 0.05) is 0 Å². The van der Waals surface area contributed by atoms with E-state index in [0.717, 1.165) is 11.1 Å². The molecule has 1 fully saturated rings. The molecule has 0 aromatic heterocycles. The normalized spacial score (nSPS) is 24.7. The zero-order valence-electron chi connectivity index (χ0n) is 9.06. The second-order valence-electron chi connectivity index (χ2n) is 3.95. The summed E-state index contributed by atoms with van der Waals surface area (Å²) < 4.78 is 6.36. The molecule has 16 heavy (non-hydrogen) atoms. The maximum absolute atomic E-state index is 12.0. The van der Waals surface area contributed by atoms with Crippen molar-refractivity contribution in [3.63, 3.8) is 0 Å². The molecule has 0 N–H and O–H groups in total. The molecule has 1 aliphatic rings. The number of nitrogens with zero attached hydrogens (tertiary/aromatic N) is 1. The number of benzene rings is 1. The van der Waals surface area contributed by atoms with E-state index in [9.17, 15) is 9.59 Å². The number of imide groups is 1. The molecule has 4 nitrogen and oxygen atoms in total. The SMILES string of the molecule is Cc1cccc([C@@]2(C)OC(=O)[N]([Tl])C2=O)c1. The summed E-state index contributed by atoms with van der Waals surface area (Å²) in [7, 11) is 0. The maximum atomic E-state index is 12.0. The van der Waals surface area contributed by atoms with Crippen LogP contribution in [0.4, 0.5) is 4.79 Å². The molecule has 0 aliphatic carbocycles. The van der Waals surface area contributed by atoms with Crippen molar-refractivity contribution in [3.8, 4) is 0 Å². The van der Waals surface area contributed by atoms with E-state index in [-0.39, 0.29) is 32.0 Å². The van der Waals surface area contributed by atoms with E-state index in [2.05, 4.69) is 0 Å². The van der Waals surface area contributed by atoms with Crippen LogP contribution in [-0.2, 0) is 15.1 Å². The molecule has 2 amide bonds. The van der Waals surface area contributed by atoms with E-state index in [1.807, 2.05) is 31.2 Å². The van der Waals surface area contributed by atoms with Gasteiger partial charge in [-0.1, -0.05) is 0 Å². The number of amides is 2. The van der Waals surface area contributed by atoms with Crippen molar-refractivity contribution in [1.29, 1.82) is 0 Å². The van der Waals surface area contributed by atoms with E-state index in [4.69, 9.17) is 4.74 Å². The van der Waals surface area contributed by atoms with Crippen LogP contribution in [0, 0.1) is 6.92 Å². The van der Waals surface area contributed by atoms with Crippen molar-refractivity contribution in [3.05, 3.63) is 35.4 Å². The fourth-order valence-corrected chi connectivity index (χ4v) is 2.87. The quantitative estimate of drug-likeness (QED) is 0.658. The van der Waals surface area contributed by atoms with Gasteiger partial charge in [0.05, 0.1) is 0 Å². The third-order valence-electron chi connectivity index (χ3n) is 2.68. The van der Waals surface area contributed by atoms with Crippen molar-refractivity contribution in [2.24, 2.45) is 0 Å². The Bertz CT molecular complexity index is 474. The summed E-state index contributed by atoms with van der Waals surface area (Å²) >= 11 is 0.136. The van der Waals surface area contributed by atoms with E-state index in [1.165, 1.54) is 2.71 Å². The van der Waals surface area contributed by atoms with Gasteiger partial charge in [-0.05, 0) is 0 Å². The predicted molar refractivity (Wildman–Crippen MR) is 57.6 cm³/mol. The van der Waals surface area contributed by atoms with Gasteiger partial charge in [-0.15, -0.1) is 0 Å². The van der Waals surface area contributed by atoms with Gasteiger partial charge in [0.15, 0.2) is 0 Å². The van der Waals surface area contributed by atoms with E-state index in [1.54, 1.807) is 6.92 Å². The van der Waals surface area contributed by atoms with Crippen LogP contribution in [0.15, 0.2) is 24.3 Å². The van der Waals surface area contributed by atoms with E-state index in [0.29, 0.717) is 0 Å². The molecule has 0 saturated carbocycles. The predicted octanol–water partition coefficient (Wildman–Crippen LogP) is 1.27. The topological polar surface area (TPSA) is 46.6 Å². The second-order valence-corrected chi connectivity index (χ2v) is 5.95. The molecular weight excluding hydrogens is 399 g/mol. The number of rotatable bonds is 1. The monoisotopic (exact) mass is 409 g/mol. The Morgan fingerprint density at radius 3 is 2.56 bits per heavy atom. The zero-order valence-corrected chi connectivity index (χ0v) is 13.5. The van der Waals surface area contributed by atoms with Crippen LogP contribution in [0.3, 0.4) is 0 Å². The average Bonchev–Trinajstić information content (AvgIpc) is 2.44. The summed E-state index contributed by atoms with van der Waals surface area (Å²) in [6.45, 7) is 3.58. The summed E-state index contributed by atoms with van der Waals surface area (Å²) in [4.78, 5) is 23.4. The van der Waals surface area contributed by atoms with Crippen molar-refractivity contribution >= 4 is 38.1 Å². The van der Waals surface area contributed by atoms with Crippen LogP contribution in [-0.4, -0.2) is 40.8 Å². The molecule has 1 aromatic rings. The Labute approximate surface area is 110 Å². The molecule has 2 rings (SSSR count). The second kappa shape index (κ2) is 3.83. The first-order valence-corrected chi connectivity index (χ1v) is 6.85. The Morgan fingerprint density at radius 1 is 1.38 bits per heavy atom. The molecular formula is C11H10NO3Tl. The molecule has 1 aliphatic heterocycles. The third kappa shape index (κ3) is 1.64. The number of hydrogen-bond acceptors (Lipinski definition) is 3. The first-order chi connectivity index (χ1) is 7.45. The van der Waals surface area contributed by atoms with Crippen LogP contribution in [0.1, 0.15) is 18.1 Å². The molecule has 1 heterocycles. The van der Waals surface area contributed by atoms with Gasteiger partial charge in [-0.25, -0.2) is 0 Å². The molecule has 5 heteroatoms. The molecule has 0 bridgehead atoms. The van der Waals surface area contributed by atoms with Crippen molar-refractivity contribution < 1.29 is 14.3 Å². The molecule has 1 aromatic carbocycles. The summed E-state index contributed by atoms with van der Waals surface area (Å²) in [5.74, 6) is -0.256. The molecule has 0 radical (unpaired) electrons. The van der Waals surface area contributed by atoms with Crippen LogP contribution >= 0.6 is 0 Å². The molecule has 0 unspecified atom stereocenters. The van der Waals surface area contributed by atoms with Gasteiger partial charge in [0.1, 0.15) is 0 Å². The van der Waals surface area contributed by atoms with Crippen molar-refractivity contribution in [2.45, 2.75) is 19.4 Å². The summed E-state index contributed by atoms with van der Waals surface area (Å²) in [6, 6.07) is 7.47. The molecule has 1 atom stereocenters. The summed E-state index contributed by atoms with van der Waals surface area (Å²) in [6.07, 6.45) is -0.529. The van der Waals surface area contributed by atoms with Crippen LogP contribution in [0.2, 0.25) is 0 Å². The Morgan fingerprint density at radius 2 is 2.06 bits per heavy atom. The number of carbonyl (C=O) groups is 2. The summed E-state index contributed by atoms with van der Waals surface area (Å²) in [5, 5.41) is 0. The van der Waals surface area contributed by atoms with Crippen LogP contribution in [0.5, 0.6) is 0 Å². The van der Waals surface area contributed by atoms with Gasteiger partial charge < -0.3 is 0 Å². The van der Waals surface area contributed by atoms with E-state index < -0.39 is 11.7 Å². The standard InChI is InChI=1S/C11H11NO3.Tl/c1-7-4-3-5-8(6-7)11(2)9(13)12-10(14)15-11;/h3-6H,1-2H3,(H,12,13,14);/q;+1/p-1/t11-;/m1./s1. The van der Waals surface area contributed by atoms with Crippen LogP contribution < -0.4 is 0 Å². The molecule has 0 spiro atoms.